The van der Waals surface area contributed by atoms with E-state index in [4.69, 9.17) is 5.73 Å². The molecule has 3 rings (SSSR count). The first-order valence-corrected chi connectivity index (χ1v) is 11.9. The molecule has 2 atom stereocenters. The monoisotopic (exact) mass is 499 g/mol. The number of nitrogens with two attached hydrogens (primary N) is 1. The number of nitrogens with zero attached hydrogens (tertiary/aromatic N) is 4. The van der Waals surface area contributed by atoms with E-state index in [9.17, 15) is 19.2 Å². The number of tetrazole rings is 1. The van der Waals surface area contributed by atoms with Crippen molar-refractivity contribution in [2.45, 2.75) is 70.1 Å². The lowest BCUT2D eigenvalue weighted by molar-refractivity contribution is -0.126. The highest BCUT2D eigenvalue weighted by Crippen LogP contribution is 2.19. The summed E-state index contributed by atoms with van der Waals surface area (Å²) in [6.45, 7) is 3.99. The van der Waals surface area contributed by atoms with Gasteiger partial charge >= 0.3 is 6.03 Å². The number of aryl methyl sites for hydroxylation is 2. The zero-order chi connectivity index (χ0) is 26.1. The van der Waals surface area contributed by atoms with Gasteiger partial charge in [0, 0.05) is 13.1 Å². The lowest BCUT2D eigenvalue weighted by Crippen LogP contribution is -2.50. The molecule has 1 aliphatic rings. The van der Waals surface area contributed by atoms with Gasteiger partial charge < -0.3 is 21.7 Å². The number of carbonyl (C=O) groups is 4. The number of rotatable bonds is 13. The number of benzene rings is 1. The molecule has 1 saturated heterocycles. The molecular formula is C23H33N9O4. The Morgan fingerprint density at radius 2 is 1.94 bits per heavy atom. The van der Waals surface area contributed by atoms with Crippen LogP contribution in [-0.4, -0.2) is 62.1 Å². The van der Waals surface area contributed by atoms with Crippen molar-refractivity contribution in [3.05, 3.63) is 41.7 Å². The quantitative estimate of drug-likeness (QED) is 0.183. The fourth-order valence-electron chi connectivity index (χ4n) is 3.70. The van der Waals surface area contributed by atoms with Gasteiger partial charge in [-0.25, -0.2) is 9.48 Å². The zero-order valence-corrected chi connectivity index (χ0v) is 20.5. The summed E-state index contributed by atoms with van der Waals surface area (Å²) in [7, 11) is 0. The molecule has 0 bridgehead atoms. The van der Waals surface area contributed by atoms with Gasteiger partial charge in [-0.3, -0.25) is 19.7 Å². The predicted molar refractivity (Wildman–Crippen MR) is 129 cm³/mol. The lowest BCUT2D eigenvalue weighted by Gasteiger charge is -2.24. The van der Waals surface area contributed by atoms with Gasteiger partial charge in [-0.15, -0.1) is 5.10 Å². The van der Waals surface area contributed by atoms with Crippen LogP contribution in [0.15, 0.2) is 30.3 Å². The van der Waals surface area contributed by atoms with Gasteiger partial charge in [0.1, 0.15) is 6.04 Å². The van der Waals surface area contributed by atoms with Crippen LogP contribution in [0, 0.1) is 0 Å². The van der Waals surface area contributed by atoms with Crippen molar-refractivity contribution in [1.82, 2.24) is 41.5 Å². The Bertz CT molecular complexity index is 1070. The number of hydrogen-bond donors (Lipinski definition) is 5. The molecular weight excluding hydrogens is 466 g/mol. The van der Waals surface area contributed by atoms with E-state index in [1.54, 1.807) is 18.5 Å². The maximum Gasteiger partial charge on any atom is 0.322 e. The second kappa shape index (κ2) is 12.2. The Morgan fingerprint density at radius 3 is 2.61 bits per heavy atom. The first-order chi connectivity index (χ1) is 17.1. The standard InChI is InChI=1S/C23H33N9O4/c1-23(2,24)21(35)26-16(11-6-10-15-8-4-3-5-9-15)19-29-30-31-32(19)13-7-12-25-18(33)14-17-20(34)28-22(36)27-17/h3-5,8-9,16-17H,6-7,10-14,24H2,1-2H3,(H,25,33)(H,26,35)(H2,27,28,34,36)/t16-,17?/m1/s1. The Kier molecular flexibility index (Phi) is 9.06. The number of imide groups is 1. The van der Waals surface area contributed by atoms with Crippen molar-refractivity contribution >= 4 is 23.8 Å². The number of amides is 5. The zero-order valence-electron chi connectivity index (χ0n) is 20.5. The molecule has 0 aliphatic carbocycles. The molecule has 194 valence electrons. The molecule has 6 N–H and O–H groups in total. The molecule has 0 radical (unpaired) electrons. The van der Waals surface area contributed by atoms with E-state index in [2.05, 4.69) is 48.9 Å². The van der Waals surface area contributed by atoms with Crippen LogP contribution < -0.4 is 27.0 Å². The minimum absolute atomic E-state index is 0.141. The molecule has 13 heteroatoms. The van der Waals surface area contributed by atoms with E-state index in [0.717, 1.165) is 12.8 Å². The summed E-state index contributed by atoms with van der Waals surface area (Å²) in [6, 6.07) is 8.16. The average molecular weight is 500 g/mol. The lowest BCUT2D eigenvalue weighted by atomic mass is 10.0. The van der Waals surface area contributed by atoms with Gasteiger partial charge in [0.15, 0.2) is 5.82 Å². The topological polar surface area (TPSA) is 186 Å². The third kappa shape index (κ3) is 7.83. The summed E-state index contributed by atoms with van der Waals surface area (Å²) in [6.07, 6.45) is 2.63. The molecule has 1 fully saturated rings. The Hall–Kier alpha value is -3.87. The van der Waals surface area contributed by atoms with Gasteiger partial charge in [0.05, 0.1) is 18.0 Å². The molecule has 13 nitrogen and oxygen atoms in total. The van der Waals surface area contributed by atoms with E-state index in [1.165, 1.54) is 5.56 Å². The Balaban J connectivity index is 1.54. The minimum Gasteiger partial charge on any atom is -0.356 e. The number of urea groups is 1. The molecule has 0 spiro atoms. The minimum atomic E-state index is -1.06. The maximum atomic E-state index is 12.6. The summed E-state index contributed by atoms with van der Waals surface area (Å²) in [5, 5.41) is 22.2. The third-order valence-corrected chi connectivity index (χ3v) is 5.68. The van der Waals surface area contributed by atoms with E-state index < -0.39 is 29.6 Å². The van der Waals surface area contributed by atoms with Crippen LogP contribution in [0.2, 0.25) is 0 Å². The van der Waals surface area contributed by atoms with Crippen molar-refractivity contribution in [3.8, 4) is 0 Å². The molecule has 0 saturated carbocycles. The molecule has 36 heavy (non-hydrogen) atoms. The summed E-state index contributed by atoms with van der Waals surface area (Å²) < 4.78 is 1.60. The fraction of sp³-hybridized carbons (Fsp3) is 0.522. The third-order valence-electron chi connectivity index (χ3n) is 5.68. The van der Waals surface area contributed by atoms with E-state index >= 15 is 0 Å². The van der Waals surface area contributed by atoms with E-state index in [1.807, 2.05) is 18.2 Å². The summed E-state index contributed by atoms with van der Waals surface area (Å²) in [4.78, 5) is 47.4. The van der Waals surface area contributed by atoms with Crippen LogP contribution in [0.4, 0.5) is 4.79 Å². The van der Waals surface area contributed by atoms with Gasteiger partial charge in [-0.05, 0) is 55.5 Å². The van der Waals surface area contributed by atoms with Gasteiger partial charge in [0.25, 0.3) is 5.91 Å². The molecule has 1 unspecified atom stereocenters. The number of aromatic nitrogens is 4. The number of hydrogen-bond acceptors (Lipinski definition) is 8. The van der Waals surface area contributed by atoms with Crippen molar-refractivity contribution in [2.75, 3.05) is 6.54 Å². The second-order valence-electron chi connectivity index (χ2n) is 9.31. The second-order valence-corrected chi connectivity index (χ2v) is 9.31. The smallest absolute Gasteiger partial charge is 0.322 e. The normalized spacial score (nSPS) is 16.2. The highest BCUT2D eigenvalue weighted by Gasteiger charge is 2.31. The molecule has 2 heterocycles. The first-order valence-electron chi connectivity index (χ1n) is 11.9. The van der Waals surface area contributed by atoms with Gasteiger partial charge in [-0.1, -0.05) is 30.3 Å². The fourth-order valence-corrected chi connectivity index (χ4v) is 3.70. The van der Waals surface area contributed by atoms with Crippen molar-refractivity contribution < 1.29 is 19.2 Å². The molecule has 1 aromatic heterocycles. The van der Waals surface area contributed by atoms with Gasteiger partial charge in [-0.2, -0.15) is 0 Å². The van der Waals surface area contributed by atoms with Crippen LogP contribution in [0.1, 0.15) is 57.0 Å². The van der Waals surface area contributed by atoms with Crippen molar-refractivity contribution in [1.29, 1.82) is 0 Å². The highest BCUT2D eigenvalue weighted by atomic mass is 16.2. The number of nitrogens with one attached hydrogen (secondary N) is 4. The summed E-state index contributed by atoms with van der Waals surface area (Å²) >= 11 is 0. The van der Waals surface area contributed by atoms with Crippen LogP contribution in [-0.2, 0) is 27.3 Å². The van der Waals surface area contributed by atoms with Crippen LogP contribution in [0.3, 0.4) is 0 Å². The predicted octanol–water partition coefficient (Wildman–Crippen LogP) is -0.305. The SMILES string of the molecule is CC(C)(N)C(=O)N[C@H](CCCc1ccccc1)c1nnnn1CCCNC(=O)CC1NC(=O)NC1=O. The van der Waals surface area contributed by atoms with Crippen molar-refractivity contribution in [3.63, 3.8) is 0 Å². The maximum absolute atomic E-state index is 12.6. The largest absolute Gasteiger partial charge is 0.356 e. The number of carbonyl (C=O) groups excluding carboxylic acids is 4. The molecule has 1 aliphatic heterocycles. The van der Waals surface area contributed by atoms with Crippen LogP contribution in [0.5, 0.6) is 0 Å². The Labute approximate surface area is 208 Å². The van der Waals surface area contributed by atoms with Crippen LogP contribution in [0.25, 0.3) is 0 Å². The van der Waals surface area contributed by atoms with E-state index in [-0.39, 0.29) is 18.2 Å². The highest BCUT2D eigenvalue weighted by molar-refractivity contribution is 6.05. The summed E-state index contributed by atoms with van der Waals surface area (Å²) in [5.41, 5.74) is 6.12. The Morgan fingerprint density at radius 1 is 1.19 bits per heavy atom. The van der Waals surface area contributed by atoms with Crippen LogP contribution >= 0.6 is 0 Å². The van der Waals surface area contributed by atoms with Crippen molar-refractivity contribution in [2.24, 2.45) is 5.73 Å². The van der Waals surface area contributed by atoms with E-state index in [0.29, 0.717) is 31.8 Å². The summed E-state index contributed by atoms with van der Waals surface area (Å²) in [5.74, 6) is -0.672. The molecule has 2 aromatic rings. The average Bonchev–Trinajstić information content (AvgIpc) is 3.41. The first kappa shape index (κ1) is 26.7. The molecule has 5 amide bonds. The van der Waals surface area contributed by atoms with Gasteiger partial charge in [0.2, 0.25) is 11.8 Å². The molecule has 1 aromatic carbocycles.